The van der Waals surface area contributed by atoms with Crippen molar-refractivity contribution in [3.8, 4) is 5.75 Å². The summed E-state index contributed by atoms with van der Waals surface area (Å²) in [5.41, 5.74) is 2.02. The smallest absolute Gasteiger partial charge is 0.321 e. The van der Waals surface area contributed by atoms with Crippen LogP contribution in [-0.4, -0.2) is 31.1 Å². The molecule has 27 heavy (non-hydrogen) atoms. The van der Waals surface area contributed by atoms with Crippen LogP contribution in [-0.2, 0) is 20.9 Å². The standard InChI is InChI=1S/C19H22N2O6/c1-13-5-6-14(2)16(10-13)26-9-7-18(23)27-12-17(22)21-19(24)20-11-15-4-3-8-25-15/h3-6,8,10H,7,9,11-12H2,1-2H3,(H2,20,21,22,24). The lowest BCUT2D eigenvalue weighted by atomic mass is 10.1. The van der Waals surface area contributed by atoms with E-state index < -0.39 is 24.5 Å². The summed E-state index contributed by atoms with van der Waals surface area (Å²) in [6, 6.07) is 8.46. The molecule has 0 aliphatic carbocycles. The van der Waals surface area contributed by atoms with E-state index in [0.717, 1.165) is 11.1 Å². The molecule has 0 spiro atoms. The largest absolute Gasteiger partial charge is 0.493 e. The number of ether oxygens (including phenoxy) is 2. The first-order valence-electron chi connectivity index (χ1n) is 8.40. The molecule has 2 aromatic rings. The van der Waals surface area contributed by atoms with Crippen LogP contribution in [0.3, 0.4) is 0 Å². The Labute approximate surface area is 156 Å². The zero-order valence-corrected chi connectivity index (χ0v) is 15.2. The maximum Gasteiger partial charge on any atom is 0.321 e. The Morgan fingerprint density at radius 3 is 2.70 bits per heavy atom. The number of furan rings is 1. The van der Waals surface area contributed by atoms with Gasteiger partial charge in [-0.2, -0.15) is 0 Å². The van der Waals surface area contributed by atoms with Gasteiger partial charge in [0.2, 0.25) is 0 Å². The van der Waals surface area contributed by atoms with E-state index in [9.17, 15) is 14.4 Å². The molecule has 0 saturated heterocycles. The van der Waals surface area contributed by atoms with Gasteiger partial charge >= 0.3 is 12.0 Å². The number of nitrogens with one attached hydrogen (secondary N) is 2. The Morgan fingerprint density at radius 2 is 1.96 bits per heavy atom. The van der Waals surface area contributed by atoms with E-state index in [1.807, 2.05) is 32.0 Å². The first kappa shape index (κ1) is 20.0. The van der Waals surface area contributed by atoms with Crippen molar-refractivity contribution in [1.29, 1.82) is 0 Å². The SMILES string of the molecule is Cc1ccc(C)c(OCCC(=O)OCC(=O)NC(=O)NCc2ccco2)c1. The zero-order valence-electron chi connectivity index (χ0n) is 15.2. The zero-order chi connectivity index (χ0) is 19.6. The van der Waals surface area contributed by atoms with Crippen LogP contribution in [0.15, 0.2) is 41.0 Å². The van der Waals surface area contributed by atoms with Crippen LogP contribution in [0, 0.1) is 13.8 Å². The molecule has 0 fully saturated rings. The molecule has 2 N–H and O–H groups in total. The number of aryl methyl sites for hydroxylation is 2. The van der Waals surface area contributed by atoms with Crippen LogP contribution >= 0.6 is 0 Å². The number of amides is 3. The van der Waals surface area contributed by atoms with Crippen LogP contribution in [0.2, 0.25) is 0 Å². The fourth-order valence-electron chi connectivity index (χ4n) is 2.11. The summed E-state index contributed by atoms with van der Waals surface area (Å²) in [6.45, 7) is 3.59. The highest BCUT2D eigenvalue weighted by Crippen LogP contribution is 2.19. The van der Waals surface area contributed by atoms with E-state index in [1.54, 1.807) is 12.1 Å². The third kappa shape index (κ3) is 7.23. The number of imide groups is 1. The van der Waals surface area contributed by atoms with Crippen molar-refractivity contribution >= 4 is 17.9 Å². The molecule has 0 radical (unpaired) electrons. The van der Waals surface area contributed by atoms with Gasteiger partial charge in [0, 0.05) is 0 Å². The minimum Gasteiger partial charge on any atom is -0.493 e. The Bertz CT molecular complexity index is 786. The van der Waals surface area contributed by atoms with Gasteiger partial charge in [-0.05, 0) is 43.2 Å². The van der Waals surface area contributed by atoms with Crippen LogP contribution in [0.5, 0.6) is 5.75 Å². The molecule has 1 aromatic carbocycles. The van der Waals surface area contributed by atoms with Crippen LogP contribution < -0.4 is 15.4 Å². The molecule has 2 rings (SSSR count). The number of carbonyl (C=O) groups excluding carboxylic acids is 3. The second kappa shape index (κ2) is 10.0. The minimum atomic E-state index is -0.726. The molecular weight excluding hydrogens is 352 g/mol. The number of esters is 1. The fraction of sp³-hybridized carbons (Fsp3) is 0.316. The molecule has 0 aliphatic heterocycles. The molecule has 0 unspecified atom stereocenters. The van der Waals surface area contributed by atoms with E-state index in [2.05, 4.69) is 10.6 Å². The average Bonchev–Trinajstić information content (AvgIpc) is 3.15. The molecular formula is C19H22N2O6. The topological polar surface area (TPSA) is 107 Å². The summed E-state index contributed by atoms with van der Waals surface area (Å²) >= 11 is 0. The van der Waals surface area contributed by atoms with Crippen molar-refractivity contribution < 1.29 is 28.3 Å². The monoisotopic (exact) mass is 374 g/mol. The van der Waals surface area contributed by atoms with E-state index >= 15 is 0 Å². The lowest BCUT2D eigenvalue weighted by molar-refractivity contribution is -0.148. The van der Waals surface area contributed by atoms with Gasteiger partial charge in [0.25, 0.3) is 5.91 Å². The number of carbonyl (C=O) groups is 3. The normalized spacial score (nSPS) is 10.1. The predicted molar refractivity (Wildman–Crippen MR) is 96.1 cm³/mol. The lowest BCUT2D eigenvalue weighted by Gasteiger charge is -2.10. The molecule has 3 amide bonds. The van der Waals surface area contributed by atoms with Gasteiger partial charge in [-0.25, -0.2) is 4.79 Å². The summed E-state index contributed by atoms with van der Waals surface area (Å²) in [5.74, 6) is -0.0659. The molecule has 0 aliphatic rings. The molecule has 0 atom stereocenters. The molecule has 8 heteroatoms. The summed E-state index contributed by atoms with van der Waals surface area (Å²) in [6.07, 6.45) is 1.47. The van der Waals surface area contributed by atoms with Gasteiger partial charge in [0.15, 0.2) is 6.61 Å². The lowest BCUT2D eigenvalue weighted by Crippen LogP contribution is -2.41. The highest BCUT2D eigenvalue weighted by atomic mass is 16.5. The summed E-state index contributed by atoms with van der Waals surface area (Å²) < 4.78 is 15.4. The van der Waals surface area contributed by atoms with E-state index in [0.29, 0.717) is 11.5 Å². The Hall–Kier alpha value is -3.29. The average molecular weight is 374 g/mol. The van der Waals surface area contributed by atoms with Crippen molar-refractivity contribution in [2.24, 2.45) is 0 Å². The predicted octanol–water partition coefficient (Wildman–Crippen LogP) is 2.23. The van der Waals surface area contributed by atoms with Crippen LogP contribution in [0.25, 0.3) is 0 Å². The maximum atomic E-state index is 11.7. The Kier molecular flexibility index (Phi) is 7.42. The second-order valence-corrected chi connectivity index (χ2v) is 5.84. The van der Waals surface area contributed by atoms with Crippen LogP contribution in [0.4, 0.5) is 4.79 Å². The van der Waals surface area contributed by atoms with Gasteiger partial charge in [-0.15, -0.1) is 0 Å². The quantitative estimate of drug-likeness (QED) is 0.686. The molecule has 0 bridgehead atoms. The Morgan fingerprint density at radius 1 is 1.15 bits per heavy atom. The first-order chi connectivity index (χ1) is 12.9. The Balaban J connectivity index is 1.60. The van der Waals surface area contributed by atoms with Gasteiger partial charge in [-0.3, -0.25) is 14.9 Å². The van der Waals surface area contributed by atoms with Crippen molar-refractivity contribution in [3.05, 3.63) is 53.5 Å². The molecule has 144 valence electrons. The molecule has 8 nitrogen and oxygen atoms in total. The first-order valence-corrected chi connectivity index (χ1v) is 8.40. The number of hydrogen-bond acceptors (Lipinski definition) is 6. The van der Waals surface area contributed by atoms with E-state index in [-0.39, 0.29) is 19.6 Å². The van der Waals surface area contributed by atoms with Crippen molar-refractivity contribution in [3.63, 3.8) is 0 Å². The third-order valence-corrected chi connectivity index (χ3v) is 3.53. The van der Waals surface area contributed by atoms with Gasteiger partial charge in [0.1, 0.15) is 11.5 Å². The summed E-state index contributed by atoms with van der Waals surface area (Å²) in [4.78, 5) is 34.8. The highest BCUT2D eigenvalue weighted by Gasteiger charge is 2.11. The molecule has 1 heterocycles. The maximum absolute atomic E-state index is 11.7. The van der Waals surface area contributed by atoms with Crippen LogP contribution in [0.1, 0.15) is 23.3 Å². The number of urea groups is 1. The van der Waals surface area contributed by atoms with E-state index in [4.69, 9.17) is 13.9 Å². The van der Waals surface area contributed by atoms with Crippen molar-refractivity contribution in [2.45, 2.75) is 26.8 Å². The number of rotatable bonds is 8. The van der Waals surface area contributed by atoms with Gasteiger partial charge < -0.3 is 19.2 Å². The van der Waals surface area contributed by atoms with Crippen molar-refractivity contribution in [1.82, 2.24) is 10.6 Å². The summed E-state index contributed by atoms with van der Waals surface area (Å²) in [7, 11) is 0. The van der Waals surface area contributed by atoms with E-state index in [1.165, 1.54) is 6.26 Å². The summed E-state index contributed by atoms with van der Waals surface area (Å²) in [5, 5.41) is 4.49. The third-order valence-electron chi connectivity index (χ3n) is 3.53. The number of benzene rings is 1. The molecule has 1 aromatic heterocycles. The fourth-order valence-corrected chi connectivity index (χ4v) is 2.11. The van der Waals surface area contributed by atoms with Gasteiger partial charge in [-0.1, -0.05) is 12.1 Å². The number of hydrogen-bond donors (Lipinski definition) is 2. The highest BCUT2D eigenvalue weighted by molar-refractivity contribution is 5.95. The van der Waals surface area contributed by atoms with Gasteiger partial charge in [0.05, 0.1) is 25.8 Å². The second-order valence-electron chi connectivity index (χ2n) is 5.84. The molecule has 0 saturated carbocycles. The van der Waals surface area contributed by atoms with Crippen molar-refractivity contribution in [2.75, 3.05) is 13.2 Å². The minimum absolute atomic E-state index is 0.00858.